The van der Waals surface area contributed by atoms with Crippen molar-refractivity contribution in [2.75, 3.05) is 25.5 Å². The zero-order valence-electron chi connectivity index (χ0n) is 16.6. The van der Waals surface area contributed by atoms with Gasteiger partial charge in [0, 0.05) is 31.7 Å². The molecule has 152 valence electrons. The first kappa shape index (κ1) is 19.4. The molecule has 1 saturated heterocycles. The van der Waals surface area contributed by atoms with Gasteiger partial charge in [0.05, 0.1) is 18.2 Å². The molecule has 1 amide bonds. The molecule has 1 aromatic carbocycles. The van der Waals surface area contributed by atoms with Crippen molar-refractivity contribution in [2.24, 2.45) is 5.92 Å². The minimum absolute atomic E-state index is 0.0366. The molecule has 7 nitrogen and oxygen atoms in total. The van der Waals surface area contributed by atoms with Crippen LogP contribution in [0.25, 0.3) is 5.69 Å². The SMILES string of the molecule is COCc1ccc(CN2CCC[C@H](C(=O)Nc3cccc(-n4cccn4)c3)C2)o1. The van der Waals surface area contributed by atoms with E-state index in [0.29, 0.717) is 13.2 Å². The molecule has 3 aromatic rings. The van der Waals surface area contributed by atoms with Crippen molar-refractivity contribution < 1.29 is 13.9 Å². The van der Waals surface area contributed by atoms with Gasteiger partial charge in [-0.1, -0.05) is 6.07 Å². The van der Waals surface area contributed by atoms with Crippen molar-refractivity contribution in [1.29, 1.82) is 0 Å². The Labute approximate surface area is 170 Å². The molecule has 0 aliphatic carbocycles. The summed E-state index contributed by atoms with van der Waals surface area (Å²) in [6.07, 6.45) is 5.51. The molecule has 1 aliphatic rings. The first-order valence-electron chi connectivity index (χ1n) is 9.91. The minimum Gasteiger partial charge on any atom is -0.462 e. The highest BCUT2D eigenvalue weighted by molar-refractivity contribution is 5.93. The normalized spacial score (nSPS) is 17.3. The van der Waals surface area contributed by atoms with E-state index in [1.54, 1.807) is 18.0 Å². The predicted molar refractivity (Wildman–Crippen MR) is 110 cm³/mol. The molecule has 0 unspecified atom stereocenters. The molecule has 1 atom stereocenters. The van der Waals surface area contributed by atoms with E-state index in [1.807, 2.05) is 48.7 Å². The molecule has 1 aliphatic heterocycles. The number of benzene rings is 1. The maximum Gasteiger partial charge on any atom is 0.228 e. The molecule has 29 heavy (non-hydrogen) atoms. The Morgan fingerprint density at radius 1 is 1.28 bits per heavy atom. The standard InChI is InChI=1S/C22H26N4O3/c1-28-16-21-9-8-20(29-21)15-25-11-3-5-17(14-25)22(27)24-18-6-2-7-19(13-18)26-12-4-10-23-26/h2,4,6-10,12-13,17H,3,5,11,14-16H2,1H3,(H,24,27)/t17-/m0/s1. The van der Waals surface area contributed by atoms with Crippen LogP contribution in [0, 0.1) is 5.92 Å². The van der Waals surface area contributed by atoms with Crippen molar-refractivity contribution >= 4 is 11.6 Å². The number of aromatic nitrogens is 2. The Balaban J connectivity index is 1.35. The van der Waals surface area contributed by atoms with Gasteiger partial charge in [0.15, 0.2) is 0 Å². The summed E-state index contributed by atoms with van der Waals surface area (Å²) in [6.45, 7) is 2.88. The monoisotopic (exact) mass is 394 g/mol. The average molecular weight is 394 g/mol. The van der Waals surface area contributed by atoms with Gasteiger partial charge in [-0.15, -0.1) is 0 Å². The Morgan fingerprint density at radius 2 is 2.17 bits per heavy atom. The van der Waals surface area contributed by atoms with Crippen LogP contribution in [0.5, 0.6) is 0 Å². The highest BCUT2D eigenvalue weighted by Crippen LogP contribution is 2.22. The molecule has 3 heterocycles. The van der Waals surface area contributed by atoms with Crippen molar-refractivity contribution in [3.63, 3.8) is 0 Å². The van der Waals surface area contributed by atoms with Crippen LogP contribution < -0.4 is 5.32 Å². The maximum atomic E-state index is 12.9. The van der Waals surface area contributed by atoms with E-state index in [-0.39, 0.29) is 11.8 Å². The molecular formula is C22H26N4O3. The fourth-order valence-corrected chi connectivity index (χ4v) is 3.75. The lowest BCUT2D eigenvalue weighted by Crippen LogP contribution is -2.40. The number of rotatable bonds is 7. The zero-order chi connectivity index (χ0) is 20.1. The summed E-state index contributed by atoms with van der Waals surface area (Å²) < 4.78 is 12.7. The van der Waals surface area contributed by atoms with Gasteiger partial charge in [-0.2, -0.15) is 5.10 Å². The molecule has 0 saturated carbocycles. The Morgan fingerprint density at radius 3 is 3.00 bits per heavy atom. The molecule has 0 bridgehead atoms. The summed E-state index contributed by atoms with van der Waals surface area (Å²) in [4.78, 5) is 15.1. The van der Waals surface area contributed by atoms with Gasteiger partial charge < -0.3 is 14.5 Å². The largest absolute Gasteiger partial charge is 0.462 e. The van der Waals surface area contributed by atoms with Crippen LogP contribution in [-0.2, 0) is 22.7 Å². The fourth-order valence-electron chi connectivity index (χ4n) is 3.75. The number of nitrogens with one attached hydrogen (secondary N) is 1. The lowest BCUT2D eigenvalue weighted by atomic mass is 9.97. The summed E-state index contributed by atoms with van der Waals surface area (Å²) in [5.74, 6) is 1.76. The molecule has 1 N–H and O–H groups in total. The molecule has 7 heteroatoms. The summed E-state index contributed by atoms with van der Waals surface area (Å²) in [5.41, 5.74) is 1.71. The molecule has 1 fully saturated rings. The van der Waals surface area contributed by atoms with E-state index < -0.39 is 0 Å². The van der Waals surface area contributed by atoms with E-state index >= 15 is 0 Å². The van der Waals surface area contributed by atoms with Crippen LogP contribution in [-0.4, -0.2) is 40.8 Å². The number of ether oxygens (including phenoxy) is 1. The smallest absolute Gasteiger partial charge is 0.228 e. The van der Waals surface area contributed by atoms with E-state index in [4.69, 9.17) is 9.15 Å². The first-order chi connectivity index (χ1) is 14.2. The van der Waals surface area contributed by atoms with Gasteiger partial charge in [-0.25, -0.2) is 4.68 Å². The van der Waals surface area contributed by atoms with Gasteiger partial charge in [0.1, 0.15) is 18.1 Å². The van der Waals surface area contributed by atoms with E-state index in [2.05, 4.69) is 15.3 Å². The number of nitrogens with zero attached hydrogens (tertiary/aromatic N) is 3. The number of piperidine rings is 1. The lowest BCUT2D eigenvalue weighted by molar-refractivity contribution is -0.121. The van der Waals surface area contributed by atoms with Crippen molar-refractivity contribution in [3.8, 4) is 5.69 Å². The maximum absolute atomic E-state index is 12.9. The van der Waals surface area contributed by atoms with Crippen LogP contribution in [0.4, 0.5) is 5.69 Å². The average Bonchev–Trinajstić information content (AvgIpc) is 3.41. The highest BCUT2D eigenvalue weighted by atomic mass is 16.5. The number of likely N-dealkylation sites (tertiary alicyclic amines) is 1. The second-order valence-corrected chi connectivity index (χ2v) is 7.37. The Kier molecular flexibility index (Phi) is 6.07. The number of methoxy groups -OCH3 is 1. The Bertz CT molecular complexity index is 935. The molecule has 2 aromatic heterocycles. The van der Waals surface area contributed by atoms with Crippen LogP contribution in [0.1, 0.15) is 24.4 Å². The molecule has 4 rings (SSSR count). The summed E-state index contributed by atoms with van der Waals surface area (Å²) in [7, 11) is 1.65. The van der Waals surface area contributed by atoms with E-state index in [1.165, 1.54) is 0 Å². The number of carbonyl (C=O) groups excluding carboxylic acids is 1. The fraction of sp³-hybridized carbons (Fsp3) is 0.364. The number of carbonyl (C=O) groups is 1. The third kappa shape index (κ3) is 4.93. The summed E-state index contributed by atoms with van der Waals surface area (Å²) in [5, 5.41) is 7.31. The van der Waals surface area contributed by atoms with Gasteiger partial charge in [0.25, 0.3) is 0 Å². The quantitative estimate of drug-likeness (QED) is 0.664. The van der Waals surface area contributed by atoms with E-state index in [0.717, 1.165) is 48.8 Å². The molecule has 0 spiro atoms. The number of hydrogen-bond acceptors (Lipinski definition) is 5. The van der Waals surface area contributed by atoms with Crippen molar-refractivity contribution in [1.82, 2.24) is 14.7 Å². The number of hydrogen-bond donors (Lipinski definition) is 1. The van der Waals surface area contributed by atoms with Gasteiger partial charge in [-0.05, 0) is 55.8 Å². The zero-order valence-corrected chi connectivity index (χ0v) is 16.6. The van der Waals surface area contributed by atoms with Gasteiger partial charge in [0.2, 0.25) is 5.91 Å². The van der Waals surface area contributed by atoms with Gasteiger partial charge >= 0.3 is 0 Å². The van der Waals surface area contributed by atoms with Crippen LogP contribution >= 0.6 is 0 Å². The third-order valence-electron chi connectivity index (χ3n) is 5.14. The molecular weight excluding hydrogens is 368 g/mol. The first-order valence-corrected chi connectivity index (χ1v) is 9.91. The number of anilines is 1. The minimum atomic E-state index is -0.0366. The lowest BCUT2D eigenvalue weighted by Gasteiger charge is -2.31. The van der Waals surface area contributed by atoms with Crippen molar-refractivity contribution in [2.45, 2.75) is 26.0 Å². The topological polar surface area (TPSA) is 72.5 Å². The summed E-state index contributed by atoms with van der Waals surface area (Å²) >= 11 is 0. The third-order valence-corrected chi connectivity index (χ3v) is 5.14. The molecule has 0 radical (unpaired) electrons. The second kappa shape index (κ2) is 9.07. The highest BCUT2D eigenvalue weighted by Gasteiger charge is 2.26. The second-order valence-electron chi connectivity index (χ2n) is 7.37. The summed E-state index contributed by atoms with van der Waals surface area (Å²) in [6, 6.07) is 13.5. The number of furan rings is 1. The number of amides is 1. The van der Waals surface area contributed by atoms with Crippen LogP contribution in [0.3, 0.4) is 0 Å². The van der Waals surface area contributed by atoms with Crippen LogP contribution in [0.15, 0.2) is 59.3 Å². The van der Waals surface area contributed by atoms with Gasteiger partial charge in [-0.3, -0.25) is 9.69 Å². The van der Waals surface area contributed by atoms with Crippen LogP contribution in [0.2, 0.25) is 0 Å². The predicted octanol–water partition coefficient (Wildman–Crippen LogP) is 3.46. The van der Waals surface area contributed by atoms with Crippen molar-refractivity contribution in [3.05, 3.63) is 66.4 Å². The Hall–Kier alpha value is -2.90. The van der Waals surface area contributed by atoms with E-state index in [9.17, 15) is 4.79 Å².